The van der Waals surface area contributed by atoms with E-state index in [1.165, 1.54) is 11.1 Å². The molecule has 1 aromatic heterocycles. The van der Waals surface area contributed by atoms with Gasteiger partial charge in [0, 0.05) is 35.6 Å². The molecule has 1 saturated heterocycles. The molecule has 1 saturated carbocycles. The first-order chi connectivity index (χ1) is 16.2. The summed E-state index contributed by atoms with van der Waals surface area (Å²) in [4.78, 5) is 19.7. The molecular formula is C28H26BrN3O. The zero-order valence-electron chi connectivity index (χ0n) is 18.5. The molecule has 2 heterocycles. The molecule has 0 bridgehead atoms. The van der Waals surface area contributed by atoms with Gasteiger partial charge in [0.15, 0.2) is 0 Å². The molecule has 33 heavy (non-hydrogen) atoms. The lowest BCUT2D eigenvalue weighted by Gasteiger charge is -2.18. The number of hydrogen-bond acceptors (Lipinski definition) is 2. The maximum absolute atomic E-state index is 12.6. The Hall–Kier alpha value is -2.92. The van der Waals surface area contributed by atoms with Crippen LogP contribution in [0.1, 0.15) is 19.3 Å². The van der Waals surface area contributed by atoms with Gasteiger partial charge >= 0.3 is 0 Å². The lowest BCUT2D eigenvalue weighted by Crippen LogP contribution is -2.30. The average Bonchev–Trinajstić information content (AvgIpc) is 3.50. The number of amides is 1. The van der Waals surface area contributed by atoms with Crippen molar-refractivity contribution in [1.82, 2.24) is 14.5 Å². The fourth-order valence-corrected chi connectivity index (χ4v) is 5.32. The highest BCUT2D eigenvalue weighted by Gasteiger charge is 2.36. The maximum atomic E-state index is 12.6. The van der Waals surface area contributed by atoms with Gasteiger partial charge in [0.05, 0.1) is 11.0 Å². The van der Waals surface area contributed by atoms with Crippen LogP contribution in [0, 0.1) is 11.8 Å². The van der Waals surface area contributed by atoms with Gasteiger partial charge in [0.25, 0.3) is 0 Å². The van der Waals surface area contributed by atoms with Gasteiger partial charge in [-0.05, 0) is 54.5 Å². The van der Waals surface area contributed by atoms with Gasteiger partial charge in [-0.2, -0.15) is 0 Å². The normalized spacial score (nSPS) is 18.2. The fraction of sp³-hybridized carbons (Fsp3) is 0.286. The predicted molar refractivity (Wildman–Crippen MR) is 136 cm³/mol. The number of aromatic nitrogens is 2. The van der Waals surface area contributed by atoms with Crippen LogP contribution in [0.5, 0.6) is 0 Å². The lowest BCUT2D eigenvalue weighted by molar-refractivity contribution is -0.131. The molecule has 3 aromatic carbocycles. The van der Waals surface area contributed by atoms with Crippen molar-refractivity contribution in [2.45, 2.75) is 25.8 Å². The predicted octanol–water partition coefficient (Wildman–Crippen LogP) is 6.39. The second-order valence-corrected chi connectivity index (χ2v) is 10.3. The van der Waals surface area contributed by atoms with Crippen molar-refractivity contribution >= 4 is 32.9 Å². The molecule has 1 aliphatic heterocycles. The number of hydrogen-bond donors (Lipinski definition) is 0. The van der Waals surface area contributed by atoms with Crippen LogP contribution in [0.15, 0.2) is 77.3 Å². The van der Waals surface area contributed by atoms with Crippen LogP contribution in [-0.4, -0.2) is 33.4 Å². The van der Waals surface area contributed by atoms with E-state index in [4.69, 9.17) is 4.98 Å². The highest BCUT2D eigenvalue weighted by molar-refractivity contribution is 9.10. The Morgan fingerprint density at radius 1 is 0.909 bits per heavy atom. The summed E-state index contributed by atoms with van der Waals surface area (Å²) < 4.78 is 3.41. The second kappa shape index (κ2) is 8.45. The standard InChI is InChI=1S/C28H26BrN3O/c29-24-12-13-25-26(16-24)32(18-19-14-15-31(17-19)28(33)23-10-11-23)27(30-25)22-8-6-21(7-9-22)20-4-2-1-3-5-20/h1-9,12-13,16,19,23H,10-11,14-15,17-18H2/t19-/m0/s1. The summed E-state index contributed by atoms with van der Waals surface area (Å²) in [6.45, 7) is 2.62. The summed E-state index contributed by atoms with van der Waals surface area (Å²) in [5.41, 5.74) is 5.68. The molecular weight excluding hydrogens is 474 g/mol. The Bertz CT molecular complexity index is 1310. The first kappa shape index (κ1) is 20.7. The Labute approximate surface area is 202 Å². The third kappa shape index (κ3) is 4.10. The summed E-state index contributed by atoms with van der Waals surface area (Å²) in [5, 5.41) is 0. The minimum atomic E-state index is 0.299. The summed E-state index contributed by atoms with van der Waals surface area (Å²) in [6, 6.07) is 25.4. The van der Waals surface area contributed by atoms with E-state index in [-0.39, 0.29) is 0 Å². The topological polar surface area (TPSA) is 38.1 Å². The van der Waals surface area contributed by atoms with E-state index in [1.807, 2.05) is 12.1 Å². The van der Waals surface area contributed by atoms with E-state index >= 15 is 0 Å². The number of nitrogens with zero attached hydrogens (tertiary/aromatic N) is 3. The fourth-order valence-electron chi connectivity index (χ4n) is 4.97. The van der Waals surface area contributed by atoms with Crippen molar-refractivity contribution < 1.29 is 4.79 Å². The number of carbonyl (C=O) groups is 1. The number of fused-ring (bicyclic) bond motifs is 1. The van der Waals surface area contributed by atoms with Crippen molar-refractivity contribution in [1.29, 1.82) is 0 Å². The van der Waals surface area contributed by atoms with E-state index in [0.717, 1.165) is 65.8 Å². The highest BCUT2D eigenvalue weighted by atomic mass is 79.9. The summed E-state index contributed by atoms with van der Waals surface area (Å²) >= 11 is 3.64. The van der Waals surface area contributed by atoms with Crippen LogP contribution in [-0.2, 0) is 11.3 Å². The van der Waals surface area contributed by atoms with Crippen molar-refractivity contribution in [2.24, 2.45) is 11.8 Å². The maximum Gasteiger partial charge on any atom is 0.225 e. The number of likely N-dealkylation sites (tertiary alicyclic amines) is 1. The van der Waals surface area contributed by atoms with Crippen LogP contribution >= 0.6 is 15.9 Å². The van der Waals surface area contributed by atoms with Gasteiger partial charge in [-0.15, -0.1) is 0 Å². The van der Waals surface area contributed by atoms with Crippen molar-refractivity contribution in [3.05, 3.63) is 77.3 Å². The van der Waals surface area contributed by atoms with Crippen LogP contribution in [0.4, 0.5) is 0 Å². The minimum absolute atomic E-state index is 0.299. The summed E-state index contributed by atoms with van der Waals surface area (Å²) in [7, 11) is 0. The van der Waals surface area contributed by atoms with Crippen molar-refractivity contribution in [3.63, 3.8) is 0 Å². The van der Waals surface area contributed by atoms with Gasteiger partial charge in [-0.1, -0.05) is 70.5 Å². The number of imidazole rings is 1. The number of halogens is 1. The molecule has 1 aliphatic carbocycles. The van der Waals surface area contributed by atoms with Gasteiger partial charge in [0.1, 0.15) is 5.82 Å². The first-order valence-corrected chi connectivity index (χ1v) is 12.6. The summed E-state index contributed by atoms with van der Waals surface area (Å²) in [6.07, 6.45) is 3.20. The molecule has 0 unspecified atom stereocenters. The molecule has 2 fully saturated rings. The van der Waals surface area contributed by atoms with E-state index < -0.39 is 0 Å². The number of carbonyl (C=O) groups excluding carboxylic acids is 1. The van der Waals surface area contributed by atoms with Gasteiger partial charge in [-0.3, -0.25) is 4.79 Å². The average molecular weight is 500 g/mol. The zero-order valence-corrected chi connectivity index (χ0v) is 20.0. The SMILES string of the molecule is O=C(C1CC1)N1CC[C@H](Cn2c(-c3ccc(-c4ccccc4)cc3)nc3ccc(Br)cc32)C1. The van der Waals surface area contributed by atoms with Gasteiger partial charge in [-0.25, -0.2) is 4.98 Å². The quantitative estimate of drug-likeness (QED) is 0.319. The third-order valence-corrected chi connectivity index (χ3v) is 7.42. The van der Waals surface area contributed by atoms with Crippen LogP contribution < -0.4 is 0 Å². The molecule has 5 heteroatoms. The van der Waals surface area contributed by atoms with Crippen molar-refractivity contribution in [3.8, 4) is 22.5 Å². The van der Waals surface area contributed by atoms with Crippen LogP contribution in [0.3, 0.4) is 0 Å². The Balaban J connectivity index is 1.33. The van der Waals surface area contributed by atoms with E-state index in [9.17, 15) is 4.79 Å². The molecule has 4 aromatic rings. The smallest absolute Gasteiger partial charge is 0.225 e. The lowest BCUT2D eigenvalue weighted by atomic mass is 10.0. The Morgan fingerprint density at radius 3 is 2.39 bits per heavy atom. The highest BCUT2D eigenvalue weighted by Crippen LogP contribution is 2.34. The minimum Gasteiger partial charge on any atom is -0.342 e. The molecule has 2 aliphatic rings. The van der Waals surface area contributed by atoms with E-state index in [1.54, 1.807) is 0 Å². The third-order valence-electron chi connectivity index (χ3n) is 6.93. The van der Waals surface area contributed by atoms with Gasteiger partial charge < -0.3 is 9.47 Å². The molecule has 1 atom stereocenters. The monoisotopic (exact) mass is 499 g/mol. The molecule has 6 rings (SSSR count). The second-order valence-electron chi connectivity index (χ2n) is 9.34. The Morgan fingerprint density at radius 2 is 1.64 bits per heavy atom. The Kier molecular flexibility index (Phi) is 5.30. The van der Waals surface area contributed by atoms with E-state index in [2.05, 4.69) is 86.1 Å². The number of rotatable bonds is 5. The van der Waals surface area contributed by atoms with E-state index in [0.29, 0.717) is 17.7 Å². The summed E-state index contributed by atoms with van der Waals surface area (Å²) in [5.74, 6) is 2.11. The molecule has 0 N–H and O–H groups in total. The van der Waals surface area contributed by atoms with Crippen LogP contribution in [0.2, 0.25) is 0 Å². The molecule has 1 amide bonds. The molecule has 0 spiro atoms. The number of benzene rings is 3. The molecule has 4 nitrogen and oxygen atoms in total. The largest absolute Gasteiger partial charge is 0.342 e. The molecule has 166 valence electrons. The first-order valence-electron chi connectivity index (χ1n) is 11.8. The van der Waals surface area contributed by atoms with Gasteiger partial charge in [0.2, 0.25) is 5.91 Å². The molecule has 0 radical (unpaired) electrons. The van der Waals surface area contributed by atoms with Crippen LogP contribution in [0.25, 0.3) is 33.5 Å². The zero-order chi connectivity index (χ0) is 22.4. The van der Waals surface area contributed by atoms with Crippen molar-refractivity contribution in [2.75, 3.05) is 13.1 Å².